The van der Waals surface area contributed by atoms with Crippen molar-refractivity contribution in [2.24, 2.45) is 5.92 Å². The van der Waals surface area contributed by atoms with E-state index in [1.54, 1.807) is 0 Å². The van der Waals surface area contributed by atoms with Gasteiger partial charge in [-0.3, -0.25) is 4.79 Å². The van der Waals surface area contributed by atoms with Gasteiger partial charge in [-0.1, -0.05) is 30.3 Å². The zero-order chi connectivity index (χ0) is 16.5. The standard InChI is InChI=1S/C17H24N2O4/c1-22-16(20)14-7-8-15(11-14)19-17(21)18-9-10-23-12-13-5-3-2-4-6-13/h2-6,14-15H,7-12H2,1H3,(H2,18,19,21)/t14-,15+/m1/s1. The zero-order valence-corrected chi connectivity index (χ0v) is 13.4. The number of methoxy groups -OCH3 is 1. The lowest BCUT2D eigenvalue weighted by Crippen LogP contribution is -2.42. The Morgan fingerprint density at radius 1 is 1.22 bits per heavy atom. The van der Waals surface area contributed by atoms with Crippen molar-refractivity contribution in [3.8, 4) is 0 Å². The van der Waals surface area contributed by atoms with Gasteiger partial charge in [0.25, 0.3) is 0 Å². The summed E-state index contributed by atoms with van der Waals surface area (Å²) in [6.45, 7) is 1.44. The number of nitrogens with one attached hydrogen (secondary N) is 2. The number of amides is 2. The van der Waals surface area contributed by atoms with E-state index < -0.39 is 0 Å². The second-order valence-electron chi connectivity index (χ2n) is 5.67. The third kappa shape index (κ3) is 5.90. The lowest BCUT2D eigenvalue weighted by atomic mass is 10.1. The summed E-state index contributed by atoms with van der Waals surface area (Å²) < 4.78 is 10.2. The molecule has 1 aliphatic rings. The molecule has 1 aromatic rings. The van der Waals surface area contributed by atoms with Gasteiger partial charge in [0.1, 0.15) is 0 Å². The molecular formula is C17H24N2O4. The summed E-state index contributed by atoms with van der Waals surface area (Å²) in [6.07, 6.45) is 2.21. The summed E-state index contributed by atoms with van der Waals surface area (Å²) in [6, 6.07) is 9.70. The van der Waals surface area contributed by atoms with E-state index >= 15 is 0 Å². The molecule has 0 aliphatic heterocycles. The van der Waals surface area contributed by atoms with Crippen LogP contribution in [0.5, 0.6) is 0 Å². The predicted octanol–water partition coefficient (Wildman–Crippen LogP) is 1.84. The Kier molecular flexibility index (Phi) is 6.87. The minimum atomic E-state index is -0.219. The normalized spacial score (nSPS) is 20.0. The van der Waals surface area contributed by atoms with Crippen molar-refractivity contribution in [1.82, 2.24) is 10.6 Å². The van der Waals surface area contributed by atoms with Gasteiger partial charge >= 0.3 is 12.0 Å². The number of rotatable bonds is 7. The highest BCUT2D eigenvalue weighted by Gasteiger charge is 2.31. The molecule has 0 bridgehead atoms. The first-order valence-corrected chi connectivity index (χ1v) is 7.93. The van der Waals surface area contributed by atoms with Gasteiger partial charge in [0.05, 0.1) is 26.2 Å². The molecule has 1 fully saturated rings. The highest BCUT2D eigenvalue weighted by atomic mass is 16.5. The van der Waals surface area contributed by atoms with Crippen molar-refractivity contribution >= 4 is 12.0 Å². The predicted molar refractivity (Wildman–Crippen MR) is 85.8 cm³/mol. The molecule has 0 heterocycles. The Morgan fingerprint density at radius 2 is 2.00 bits per heavy atom. The van der Waals surface area contributed by atoms with Gasteiger partial charge in [-0.2, -0.15) is 0 Å². The molecule has 2 N–H and O–H groups in total. The highest BCUT2D eigenvalue weighted by molar-refractivity contribution is 5.75. The number of urea groups is 1. The van der Waals surface area contributed by atoms with Gasteiger partial charge in [-0.25, -0.2) is 4.79 Å². The fourth-order valence-electron chi connectivity index (χ4n) is 2.73. The first kappa shape index (κ1) is 17.3. The largest absolute Gasteiger partial charge is 0.469 e. The summed E-state index contributed by atoms with van der Waals surface area (Å²) >= 11 is 0. The van der Waals surface area contributed by atoms with Gasteiger partial charge in [0, 0.05) is 12.6 Å². The lowest BCUT2D eigenvalue weighted by Gasteiger charge is -2.14. The first-order chi connectivity index (χ1) is 11.2. The van der Waals surface area contributed by atoms with Crippen molar-refractivity contribution in [3.63, 3.8) is 0 Å². The minimum Gasteiger partial charge on any atom is -0.469 e. The molecule has 2 amide bonds. The van der Waals surface area contributed by atoms with Crippen LogP contribution >= 0.6 is 0 Å². The molecule has 2 atom stereocenters. The van der Waals surface area contributed by atoms with Crippen LogP contribution in [-0.4, -0.2) is 38.3 Å². The molecule has 0 aromatic heterocycles. The lowest BCUT2D eigenvalue weighted by molar-refractivity contribution is -0.145. The van der Waals surface area contributed by atoms with Crippen molar-refractivity contribution in [2.45, 2.75) is 31.9 Å². The maximum absolute atomic E-state index is 11.8. The van der Waals surface area contributed by atoms with E-state index in [0.29, 0.717) is 26.2 Å². The Morgan fingerprint density at radius 3 is 2.74 bits per heavy atom. The molecule has 0 unspecified atom stereocenters. The van der Waals surface area contributed by atoms with Crippen molar-refractivity contribution in [1.29, 1.82) is 0 Å². The van der Waals surface area contributed by atoms with Crippen LogP contribution in [0.2, 0.25) is 0 Å². The second-order valence-corrected chi connectivity index (χ2v) is 5.67. The summed E-state index contributed by atoms with van der Waals surface area (Å²) in [7, 11) is 1.39. The number of carbonyl (C=O) groups is 2. The molecule has 2 rings (SSSR count). The average molecular weight is 320 g/mol. The Labute approximate surface area is 136 Å². The van der Waals surface area contributed by atoms with Crippen LogP contribution in [0.25, 0.3) is 0 Å². The SMILES string of the molecule is COC(=O)[C@@H]1CC[C@H](NC(=O)NCCOCc2ccccc2)C1. The molecule has 23 heavy (non-hydrogen) atoms. The second kappa shape index (κ2) is 9.15. The number of ether oxygens (including phenoxy) is 2. The first-order valence-electron chi connectivity index (χ1n) is 7.93. The van der Waals surface area contributed by atoms with Crippen LogP contribution in [0.15, 0.2) is 30.3 Å². The summed E-state index contributed by atoms with van der Waals surface area (Å²) in [5, 5.41) is 5.65. The van der Waals surface area contributed by atoms with Crippen LogP contribution in [0.1, 0.15) is 24.8 Å². The van der Waals surface area contributed by atoms with Gasteiger partial charge in [0.2, 0.25) is 0 Å². The van der Waals surface area contributed by atoms with Gasteiger partial charge < -0.3 is 20.1 Å². The maximum Gasteiger partial charge on any atom is 0.315 e. The number of hydrogen-bond acceptors (Lipinski definition) is 4. The molecule has 6 heteroatoms. The van der Waals surface area contributed by atoms with Crippen molar-refractivity contribution in [2.75, 3.05) is 20.3 Å². The van der Waals surface area contributed by atoms with E-state index in [9.17, 15) is 9.59 Å². The summed E-state index contributed by atoms with van der Waals surface area (Å²) in [4.78, 5) is 23.2. The smallest absolute Gasteiger partial charge is 0.315 e. The zero-order valence-electron chi connectivity index (χ0n) is 13.4. The number of carbonyl (C=O) groups excluding carboxylic acids is 2. The molecule has 1 aliphatic carbocycles. The molecule has 0 saturated heterocycles. The number of hydrogen-bond donors (Lipinski definition) is 2. The van der Waals surface area contributed by atoms with E-state index in [1.165, 1.54) is 7.11 Å². The molecule has 0 radical (unpaired) electrons. The maximum atomic E-state index is 11.8. The van der Waals surface area contributed by atoms with Crippen molar-refractivity contribution < 1.29 is 19.1 Å². The Hall–Kier alpha value is -2.08. The topological polar surface area (TPSA) is 76.7 Å². The Bertz CT molecular complexity index is 507. The fourth-order valence-corrected chi connectivity index (χ4v) is 2.73. The molecule has 1 aromatic carbocycles. The minimum absolute atomic E-state index is 0.0318. The third-order valence-electron chi connectivity index (χ3n) is 3.95. The highest BCUT2D eigenvalue weighted by Crippen LogP contribution is 2.26. The molecule has 0 spiro atoms. The average Bonchev–Trinajstić information content (AvgIpc) is 3.03. The molecule has 126 valence electrons. The Balaban J connectivity index is 1.55. The van der Waals surface area contributed by atoms with Crippen LogP contribution in [0.4, 0.5) is 4.79 Å². The third-order valence-corrected chi connectivity index (χ3v) is 3.95. The molecule has 1 saturated carbocycles. The quantitative estimate of drug-likeness (QED) is 0.594. The van der Waals surface area contributed by atoms with Gasteiger partial charge in [-0.05, 0) is 24.8 Å². The van der Waals surface area contributed by atoms with Gasteiger partial charge in [-0.15, -0.1) is 0 Å². The monoisotopic (exact) mass is 320 g/mol. The van der Waals surface area contributed by atoms with Crippen molar-refractivity contribution in [3.05, 3.63) is 35.9 Å². The van der Waals surface area contributed by atoms with E-state index in [1.807, 2.05) is 30.3 Å². The van der Waals surface area contributed by atoms with E-state index in [-0.39, 0.29) is 24.0 Å². The summed E-state index contributed by atoms with van der Waals surface area (Å²) in [5.74, 6) is -0.288. The van der Waals surface area contributed by atoms with E-state index in [2.05, 4.69) is 10.6 Å². The number of esters is 1. The molecule has 6 nitrogen and oxygen atoms in total. The number of benzene rings is 1. The van der Waals surface area contributed by atoms with E-state index in [4.69, 9.17) is 9.47 Å². The summed E-state index contributed by atoms with van der Waals surface area (Å²) in [5.41, 5.74) is 1.11. The van der Waals surface area contributed by atoms with Crippen LogP contribution in [-0.2, 0) is 20.9 Å². The molecular weight excluding hydrogens is 296 g/mol. The van der Waals surface area contributed by atoms with Crippen LogP contribution < -0.4 is 10.6 Å². The fraction of sp³-hybridized carbons (Fsp3) is 0.529. The van der Waals surface area contributed by atoms with Gasteiger partial charge in [0.15, 0.2) is 0 Å². The van der Waals surface area contributed by atoms with E-state index in [0.717, 1.165) is 18.4 Å². The van der Waals surface area contributed by atoms with Crippen LogP contribution in [0.3, 0.4) is 0 Å². The van der Waals surface area contributed by atoms with Crippen LogP contribution in [0, 0.1) is 5.92 Å².